The van der Waals surface area contributed by atoms with Gasteiger partial charge in [-0.15, -0.1) is 0 Å². The number of rotatable bonds is 9. The number of amides is 3. The summed E-state index contributed by atoms with van der Waals surface area (Å²) >= 11 is 0. The van der Waals surface area contributed by atoms with Crippen molar-refractivity contribution in [2.24, 2.45) is 0 Å². The average Bonchev–Trinajstić information content (AvgIpc) is 3.36. The van der Waals surface area contributed by atoms with Gasteiger partial charge >= 0.3 is 6.61 Å². The van der Waals surface area contributed by atoms with Crippen LogP contribution in [0.25, 0.3) is 0 Å². The number of ether oxygens (including phenoxy) is 2. The molecule has 33 heavy (non-hydrogen) atoms. The minimum absolute atomic E-state index is 0.0104. The van der Waals surface area contributed by atoms with Crippen molar-refractivity contribution in [2.45, 2.75) is 26.0 Å². The van der Waals surface area contributed by atoms with Crippen LogP contribution in [-0.2, 0) is 11.3 Å². The van der Waals surface area contributed by atoms with Crippen LogP contribution in [0.4, 0.5) is 8.78 Å². The van der Waals surface area contributed by atoms with Gasteiger partial charge in [-0.2, -0.15) is 8.78 Å². The van der Waals surface area contributed by atoms with Crippen molar-refractivity contribution in [3.8, 4) is 11.5 Å². The summed E-state index contributed by atoms with van der Waals surface area (Å²) in [6.45, 7) is -1.50. The lowest BCUT2D eigenvalue weighted by Gasteiger charge is -2.15. The minimum atomic E-state index is -3.02. The molecule has 0 saturated carbocycles. The zero-order valence-corrected chi connectivity index (χ0v) is 18.1. The summed E-state index contributed by atoms with van der Waals surface area (Å²) in [6, 6.07) is 10.7. The lowest BCUT2D eigenvalue weighted by molar-refractivity contribution is -0.120. The van der Waals surface area contributed by atoms with E-state index in [1.165, 1.54) is 25.3 Å². The van der Waals surface area contributed by atoms with Crippen LogP contribution in [0.15, 0.2) is 42.5 Å². The van der Waals surface area contributed by atoms with E-state index in [0.29, 0.717) is 5.56 Å². The lowest BCUT2D eigenvalue weighted by Crippen LogP contribution is -2.36. The first kappa shape index (κ1) is 24.0. The summed E-state index contributed by atoms with van der Waals surface area (Å²) in [4.78, 5) is 38.5. The van der Waals surface area contributed by atoms with Crippen LogP contribution in [0.1, 0.15) is 39.1 Å². The minimum Gasteiger partial charge on any atom is -0.493 e. The number of hydrogen-bond donors (Lipinski definition) is 2. The van der Waals surface area contributed by atoms with Gasteiger partial charge in [-0.3, -0.25) is 14.4 Å². The van der Waals surface area contributed by atoms with E-state index in [9.17, 15) is 23.2 Å². The van der Waals surface area contributed by atoms with E-state index >= 15 is 0 Å². The van der Waals surface area contributed by atoms with Gasteiger partial charge in [0.2, 0.25) is 5.91 Å². The Kier molecular flexibility index (Phi) is 8.17. The molecule has 2 aromatic carbocycles. The first-order valence-corrected chi connectivity index (χ1v) is 10.4. The van der Waals surface area contributed by atoms with Crippen LogP contribution in [0.5, 0.6) is 11.5 Å². The molecule has 1 fully saturated rings. The molecule has 1 saturated heterocycles. The normalized spacial score (nSPS) is 13.0. The molecule has 3 rings (SSSR count). The molecule has 8 nitrogen and oxygen atoms in total. The summed E-state index contributed by atoms with van der Waals surface area (Å²) in [7, 11) is 1.26. The van der Waals surface area contributed by atoms with Gasteiger partial charge in [0.05, 0.1) is 13.7 Å². The summed E-state index contributed by atoms with van der Waals surface area (Å²) in [5, 5.41) is 5.14. The quantitative estimate of drug-likeness (QED) is 0.598. The molecule has 176 valence electrons. The Morgan fingerprint density at radius 2 is 1.64 bits per heavy atom. The number of halogens is 2. The van der Waals surface area contributed by atoms with Crippen molar-refractivity contribution in [1.29, 1.82) is 0 Å². The highest BCUT2D eigenvalue weighted by molar-refractivity contribution is 5.97. The monoisotopic (exact) mass is 461 g/mol. The van der Waals surface area contributed by atoms with E-state index in [4.69, 9.17) is 4.74 Å². The predicted octanol–water partition coefficient (Wildman–Crippen LogP) is 2.58. The van der Waals surface area contributed by atoms with Gasteiger partial charge in [0, 0.05) is 30.8 Å². The fourth-order valence-electron chi connectivity index (χ4n) is 3.40. The number of alkyl halides is 2. The zero-order chi connectivity index (χ0) is 23.8. The molecular formula is C23H25F2N3O5. The van der Waals surface area contributed by atoms with E-state index in [2.05, 4.69) is 15.4 Å². The highest BCUT2D eigenvalue weighted by Crippen LogP contribution is 2.29. The summed E-state index contributed by atoms with van der Waals surface area (Å²) in [5.41, 5.74) is 1.55. The maximum absolute atomic E-state index is 12.4. The van der Waals surface area contributed by atoms with Crippen LogP contribution in [0.3, 0.4) is 0 Å². The molecule has 0 aromatic heterocycles. The number of likely N-dealkylation sites (tertiary alicyclic amines) is 1. The Bertz CT molecular complexity index is 992. The van der Waals surface area contributed by atoms with Gasteiger partial charge in [-0.1, -0.05) is 12.1 Å². The number of hydrogen-bond acceptors (Lipinski definition) is 5. The van der Waals surface area contributed by atoms with Gasteiger partial charge in [-0.25, -0.2) is 0 Å². The molecule has 10 heteroatoms. The number of carbonyl (C=O) groups is 3. The maximum atomic E-state index is 12.4. The molecule has 2 N–H and O–H groups in total. The second-order valence-electron chi connectivity index (χ2n) is 7.40. The summed E-state index contributed by atoms with van der Waals surface area (Å²) < 4.78 is 34.1. The summed E-state index contributed by atoms with van der Waals surface area (Å²) in [6.07, 6.45) is 2.05. The highest BCUT2D eigenvalue weighted by Gasteiger charge is 2.19. The molecule has 0 bridgehead atoms. The SMILES string of the molecule is COc1cc(C(=O)NCC(=O)NCc2ccc(C(=O)N3CCCC3)cc2)ccc1OC(F)F. The molecule has 0 atom stereocenters. The van der Waals surface area contributed by atoms with Gasteiger partial charge < -0.3 is 25.0 Å². The molecule has 0 unspecified atom stereocenters. The third-order valence-electron chi connectivity index (χ3n) is 5.14. The fraction of sp³-hybridized carbons (Fsp3) is 0.348. The van der Waals surface area contributed by atoms with E-state index in [1.807, 2.05) is 4.90 Å². The fourth-order valence-corrected chi connectivity index (χ4v) is 3.40. The molecule has 1 aliphatic rings. The molecule has 0 spiro atoms. The average molecular weight is 461 g/mol. The highest BCUT2D eigenvalue weighted by atomic mass is 19.3. The lowest BCUT2D eigenvalue weighted by atomic mass is 10.1. The third-order valence-corrected chi connectivity index (χ3v) is 5.14. The molecule has 3 amide bonds. The number of methoxy groups -OCH3 is 1. The molecular weight excluding hydrogens is 436 g/mol. The first-order valence-electron chi connectivity index (χ1n) is 10.4. The Morgan fingerprint density at radius 3 is 2.27 bits per heavy atom. The van der Waals surface area contributed by atoms with Crippen LogP contribution in [0.2, 0.25) is 0 Å². The van der Waals surface area contributed by atoms with Crippen molar-refractivity contribution in [1.82, 2.24) is 15.5 Å². The number of nitrogens with zero attached hydrogens (tertiary/aromatic N) is 1. The zero-order valence-electron chi connectivity index (χ0n) is 18.1. The smallest absolute Gasteiger partial charge is 0.387 e. The van der Waals surface area contributed by atoms with Crippen molar-refractivity contribution >= 4 is 17.7 Å². The standard InChI is InChI=1S/C23H25F2N3O5/c1-32-19-12-17(8-9-18(19)33-23(24)25)21(30)27-14-20(29)26-13-15-4-6-16(7-5-15)22(31)28-10-2-3-11-28/h4-9,12,23H,2-3,10-11,13-14H2,1H3,(H,26,29)(H,27,30). The second kappa shape index (κ2) is 11.3. The number of carbonyl (C=O) groups excluding carboxylic acids is 3. The first-order chi connectivity index (χ1) is 15.9. The molecule has 0 aliphatic carbocycles. The van der Waals surface area contributed by atoms with Gasteiger partial charge in [-0.05, 0) is 48.7 Å². The van der Waals surface area contributed by atoms with E-state index in [-0.39, 0.29) is 36.1 Å². The second-order valence-corrected chi connectivity index (χ2v) is 7.40. The van der Waals surface area contributed by atoms with E-state index < -0.39 is 18.4 Å². The van der Waals surface area contributed by atoms with Crippen LogP contribution in [-0.4, -0.2) is 56.0 Å². The number of nitrogens with one attached hydrogen (secondary N) is 2. The topological polar surface area (TPSA) is 97.0 Å². The Hall–Kier alpha value is -3.69. The van der Waals surface area contributed by atoms with Crippen LogP contribution in [0, 0.1) is 0 Å². The van der Waals surface area contributed by atoms with Gasteiger partial charge in [0.1, 0.15) is 0 Å². The van der Waals surface area contributed by atoms with Crippen molar-refractivity contribution in [3.05, 3.63) is 59.2 Å². The predicted molar refractivity (Wildman–Crippen MR) is 115 cm³/mol. The Balaban J connectivity index is 1.46. The van der Waals surface area contributed by atoms with Crippen molar-refractivity contribution in [2.75, 3.05) is 26.7 Å². The molecule has 2 aromatic rings. The Morgan fingerprint density at radius 1 is 0.970 bits per heavy atom. The van der Waals surface area contributed by atoms with Gasteiger partial charge in [0.25, 0.3) is 11.8 Å². The van der Waals surface area contributed by atoms with Crippen molar-refractivity contribution in [3.63, 3.8) is 0 Å². The third kappa shape index (κ3) is 6.64. The maximum Gasteiger partial charge on any atom is 0.387 e. The molecule has 1 heterocycles. The van der Waals surface area contributed by atoms with Crippen LogP contribution < -0.4 is 20.1 Å². The van der Waals surface area contributed by atoms with E-state index in [0.717, 1.165) is 31.5 Å². The van der Waals surface area contributed by atoms with Crippen molar-refractivity contribution < 1.29 is 32.6 Å². The molecule has 0 radical (unpaired) electrons. The van der Waals surface area contributed by atoms with Crippen LogP contribution >= 0.6 is 0 Å². The largest absolute Gasteiger partial charge is 0.493 e. The summed E-state index contributed by atoms with van der Waals surface area (Å²) in [5.74, 6) is -1.20. The number of benzene rings is 2. The van der Waals surface area contributed by atoms with E-state index in [1.54, 1.807) is 24.3 Å². The molecule has 1 aliphatic heterocycles. The Labute approximate surface area is 189 Å². The van der Waals surface area contributed by atoms with Gasteiger partial charge in [0.15, 0.2) is 11.5 Å².